The molecule has 0 saturated carbocycles. The van der Waals surface area contributed by atoms with Crippen molar-refractivity contribution in [1.82, 2.24) is 14.9 Å². The van der Waals surface area contributed by atoms with Crippen LogP contribution in [0, 0.1) is 19.8 Å². The first kappa shape index (κ1) is 20.9. The van der Waals surface area contributed by atoms with Gasteiger partial charge < -0.3 is 14.6 Å². The van der Waals surface area contributed by atoms with Gasteiger partial charge in [-0.15, -0.1) is 0 Å². The summed E-state index contributed by atoms with van der Waals surface area (Å²) in [5, 5.41) is 2.99. The molecule has 1 heterocycles. The van der Waals surface area contributed by atoms with Crippen molar-refractivity contribution in [1.29, 1.82) is 0 Å². The molecule has 5 nitrogen and oxygen atoms in total. The van der Waals surface area contributed by atoms with Gasteiger partial charge in [-0.1, -0.05) is 38.1 Å². The van der Waals surface area contributed by atoms with E-state index in [9.17, 15) is 4.79 Å². The van der Waals surface area contributed by atoms with E-state index in [1.807, 2.05) is 44.2 Å². The summed E-state index contributed by atoms with van der Waals surface area (Å²) in [6.45, 7) is 9.99. The van der Waals surface area contributed by atoms with Crippen molar-refractivity contribution in [3.8, 4) is 5.75 Å². The predicted octanol–water partition coefficient (Wildman–Crippen LogP) is 4.78. The number of carbonyl (C=O) groups is 1. The van der Waals surface area contributed by atoms with Crippen molar-refractivity contribution in [3.63, 3.8) is 0 Å². The van der Waals surface area contributed by atoms with E-state index < -0.39 is 0 Å². The summed E-state index contributed by atoms with van der Waals surface area (Å²) >= 11 is 0. The number of unbranched alkanes of at least 4 members (excludes halogenated alkanes) is 1. The summed E-state index contributed by atoms with van der Waals surface area (Å²) < 4.78 is 8.19. The number of aryl methyl sites for hydroxylation is 2. The highest BCUT2D eigenvalue weighted by Crippen LogP contribution is 2.21. The van der Waals surface area contributed by atoms with Crippen molar-refractivity contribution < 1.29 is 9.53 Å². The van der Waals surface area contributed by atoms with Crippen LogP contribution in [0.15, 0.2) is 42.5 Å². The Kier molecular flexibility index (Phi) is 6.91. The topological polar surface area (TPSA) is 56.1 Å². The number of benzene rings is 2. The van der Waals surface area contributed by atoms with Gasteiger partial charge in [-0.05, 0) is 56.0 Å². The Morgan fingerprint density at radius 3 is 2.69 bits per heavy atom. The normalized spacial score (nSPS) is 11.2. The van der Waals surface area contributed by atoms with Gasteiger partial charge in [0.2, 0.25) is 5.91 Å². The number of fused-ring (bicyclic) bond motifs is 1. The number of amides is 1. The highest BCUT2D eigenvalue weighted by atomic mass is 16.5. The molecule has 5 heteroatoms. The minimum Gasteiger partial charge on any atom is -0.493 e. The molecule has 0 atom stereocenters. The fourth-order valence-electron chi connectivity index (χ4n) is 3.31. The molecule has 0 aliphatic heterocycles. The molecule has 154 valence electrons. The molecule has 1 aromatic heterocycles. The molecule has 0 spiro atoms. The van der Waals surface area contributed by atoms with Crippen LogP contribution in [-0.2, 0) is 17.9 Å². The lowest BCUT2D eigenvalue weighted by atomic mass is 10.1. The Bertz CT molecular complexity index is 975. The quantitative estimate of drug-likeness (QED) is 0.532. The number of ether oxygens (including phenoxy) is 1. The van der Waals surface area contributed by atoms with Crippen molar-refractivity contribution >= 4 is 16.9 Å². The smallest absolute Gasteiger partial charge is 0.222 e. The van der Waals surface area contributed by atoms with Gasteiger partial charge in [0, 0.05) is 12.5 Å². The summed E-state index contributed by atoms with van der Waals surface area (Å²) in [5.74, 6) is 1.88. The zero-order chi connectivity index (χ0) is 20.8. The second-order valence-corrected chi connectivity index (χ2v) is 7.79. The Morgan fingerprint density at radius 1 is 1.10 bits per heavy atom. The third-order valence-electron chi connectivity index (χ3n) is 5.27. The number of para-hydroxylation sites is 2. The van der Waals surface area contributed by atoms with Crippen LogP contribution < -0.4 is 10.1 Å². The van der Waals surface area contributed by atoms with Gasteiger partial charge >= 0.3 is 0 Å². The Labute approximate surface area is 173 Å². The number of hydrogen-bond acceptors (Lipinski definition) is 3. The first-order valence-electron chi connectivity index (χ1n) is 10.4. The van der Waals surface area contributed by atoms with Gasteiger partial charge in [0.25, 0.3) is 0 Å². The van der Waals surface area contributed by atoms with Crippen LogP contribution in [0.1, 0.15) is 43.6 Å². The van der Waals surface area contributed by atoms with E-state index in [4.69, 9.17) is 9.72 Å². The molecular weight excluding hydrogens is 362 g/mol. The number of aromatic nitrogens is 2. The van der Waals surface area contributed by atoms with Crippen molar-refractivity contribution in [2.24, 2.45) is 5.92 Å². The van der Waals surface area contributed by atoms with Crippen molar-refractivity contribution in [2.75, 3.05) is 6.61 Å². The third-order valence-corrected chi connectivity index (χ3v) is 5.27. The number of nitrogens with zero attached hydrogens (tertiary/aromatic N) is 2. The molecule has 2 aromatic carbocycles. The number of hydrogen-bond donors (Lipinski definition) is 1. The van der Waals surface area contributed by atoms with Gasteiger partial charge in [0.15, 0.2) is 0 Å². The molecule has 0 unspecified atom stereocenters. The summed E-state index contributed by atoms with van der Waals surface area (Å²) in [5.41, 5.74) is 4.53. The number of carbonyl (C=O) groups excluding carboxylic acids is 1. The first-order valence-corrected chi connectivity index (χ1v) is 10.4. The second kappa shape index (κ2) is 9.59. The fraction of sp³-hybridized carbons (Fsp3) is 0.417. The molecule has 0 fully saturated rings. The average molecular weight is 394 g/mol. The molecule has 0 saturated heterocycles. The fourth-order valence-corrected chi connectivity index (χ4v) is 3.31. The Morgan fingerprint density at radius 2 is 1.90 bits per heavy atom. The molecule has 29 heavy (non-hydrogen) atoms. The Hall–Kier alpha value is -2.82. The molecule has 0 bridgehead atoms. The third kappa shape index (κ3) is 5.17. The molecule has 0 radical (unpaired) electrons. The minimum atomic E-state index is -0.0324. The minimum absolute atomic E-state index is 0.0324. The lowest BCUT2D eigenvalue weighted by Gasteiger charge is -2.13. The summed E-state index contributed by atoms with van der Waals surface area (Å²) in [7, 11) is 0. The van der Waals surface area contributed by atoms with Crippen LogP contribution in [0.4, 0.5) is 0 Å². The van der Waals surface area contributed by atoms with Crippen LogP contribution in [-0.4, -0.2) is 22.1 Å². The maximum absolute atomic E-state index is 12.0. The molecular formula is C24H31N3O2. The standard InChI is InChI=1S/C24H31N3O2/c1-17(2)24(28)25-16-23-26-20-11-5-6-12-21(20)27(23)14-7-8-15-29-22-13-9-10-18(3)19(22)4/h5-6,9-13,17H,7-8,14-16H2,1-4H3,(H,25,28). The first-order chi connectivity index (χ1) is 14.0. The lowest BCUT2D eigenvalue weighted by molar-refractivity contribution is -0.124. The van der Waals surface area contributed by atoms with Crippen LogP contribution in [0.5, 0.6) is 5.75 Å². The molecule has 1 amide bonds. The van der Waals surface area contributed by atoms with E-state index in [-0.39, 0.29) is 11.8 Å². The van der Waals surface area contributed by atoms with E-state index in [2.05, 4.69) is 35.9 Å². The highest BCUT2D eigenvalue weighted by molar-refractivity contribution is 5.78. The maximum Gasteiger partial charge on any atom is 0.222 e. The maximum atomic E-state index is 12.0. The number of nitrogens with one attached hydrogen (secondary N) is 1. The van der Waals surface area contributed by atoms with E-state index in [0.29, 0.717) is 13.2 Å². The van der Waals surface area contributed by atoms with Crippen LogP contribution in [0.25, 0.3) is 11.0 Å². The molecule has 3 rings (SSSR count). The zero-order valence-corrected chi connectivity index (χ0v) is 17.9. The summed E-state index contributed by atoms with van der Waals surface area (Å²) in [6, 6.07) is 14.3. The lowest BCUT2D eigenvalue weighted by Crippen LogP contribution is -2.28. The number of imidazole rings is 1. The molecule has 1 N–H and O–H groups in total. The van der Waals surface area contributed by atoms with Crippen molar-refractivity contribution in [3.05, 3.63) is 59.4 Å². The monoisotopic (exact) mass is 393 g/mol. The van der Waals surface area contributed by atoms with Crippen LogP contribution in [0.2, 0.25) is 0 Å². The summed E-state index contributed by atoms with van der Waals surface area (Å²) in [4.78, 5) is 16.7. The SMILES string of the molecule is Cc1cccc(OCCCCn2c(CNC(=O)C(C)C)nc3ccccc32)c1C. The van der Waals surface area contributed by atoms with Gasteiger partial charge in [0.05, 0.1) is 24.2 Å². The van der Waals surface area contributed by atoms with E-state index >= 15 is 0 Å². The van der Waals surface area contributed by atoms with E-state index in [0.717, 1.165) is 42.0 Å². The predicted molar refractivity (Wildman–Crippen MR) is 117 cm³/mol. The van der Waals surface area contributed by atoms with Crippen LogP contribution >= 0.6 is 0 Å². The van der Waals surface area contributed by atoms with Gasteiger partial charge in [0.1, 0.15) is 11.6 Å². The zero-order valence-electron chi connectivity index (χ0n) is 17.9. The Balaban J connectivity index is 1.60. The molecule has 0 aliphatic rings. The van der Waals surface area contributed by atoms with E-state index in [1.165, 1.54) is 11.1 Å². The summed E-state index contributed by atoms with van der Waals surface area (Å²) in [6.07, 6.45) is 1.94. The molecule has 0 aliphatic carbocycles. The average Bonchev–Trinajstić information content (AvgIpc) is 3.06. The highest BCUT2D eigenvalue weighted by Gasteiger charge is 2.13. The van der Waals surface area contributed by atoms with Crippen LogP contribution in [0.3, 0.4) is 0 Å². The molecule has 3 aromatic rings. The second-order valence-electron chi connectivity index (χ2n) is 7.79. The van der Waals surface area contributed by atoms with E-state index in [1.54, 1.807) is 0 Å². The van der Waals surface area contributed by atoms with Gasteiger partial charge in [-0.25, -0.2) is 4.98 Å². The van der Waals surface area contributed by atoms with Gasteiger partial charge in [-0.3, -0.25) is 4.79 Å². The van der Waals surface area contributed by atoms with Gasteiger partial charge in [-0.2, -0.15) is 0 Å². The number of rotatable bonds is 9. The largest absolute Gasteiger partial charge is 0.493 e. The van der Waals surface area contributed by atoms with Crippen molar-refractivity contribution in [2.45, 2.75) is 53.6 Å².